The minimum atomic E-state index is 0.0457. The number of fused-ring (bicyclic) bond motifs is 1. The molecule has 0 spiro atoms. The lowest BCUT2D eigenvalue weighted by Gasteiger charge is -2.42. The van der Waals surface area contributed by atoms with Gasteiger partial charge in [0.2, 0.25) is 0 Å². The van der Waals surface area contributed by atoms with Gasteiger partial charge in [0.05, 0.1) is 6.17 Å². The van der Waals surface area contributed by atoms with Gasteiger partial charge in [0.25, 0.3) is 5.91 Å². The second kappa shape index (κ2) is 5.74. The topological polar surface area (TPSA) is 41.1 Å². The molecule has 1 heterocycles. The van der Waals surface area contributed by atoms with Crippen molar-refractivity contribution in [3.63, 3.8) is 0 Å². The number of hydrogen-bond donors (Lipinski definition) is 2. The third-order valence-corrected chi connectivity index (χ3v) is 4.60. The summed E-state index contributed by atoms with van der Waals surface area (Å²) in [5, 5.41) is 6.67. The molecule has 3 heteroatoms. The summed E-state index contributed by atoms with van der Waals surface area (Å²) in [6.45, 7) is 1.03. The average Bonchev–Trinajstić information content (AvgIpc) is 2.48. The second-order valence-corrected chi connectivity index (χ2v) is 5.77. The van der Waals surface area contributed by atoms with Crippen molar-refractivity contribution >= 4 is 5.91 Å². The van der Waals surface area contributed by atoms with Crippen LogP contribution in [0.15, 0.2) is 30.3 Å². The van der Waals surface area contributed by atoms with Crippen molar-refractivity contribution in [3.8, 4) is 0 Å². The van der Waals surface area contributed by atoms with E-state index >= 15 is 0 Å². The van der Waals surface area contributed by atoms with E-state index in [9.17, 15) is 4.79 Å². The number of benzene rings is 1. The normalized spacial score (nSPS) is 30.4. The second-order valence-electron chi connectivity index (χ2n) is 5.77. The third-order valence-electron chi connectivity index (χ3n) is 4.60. The first-order valence-corrected chi connectivity index (χ1v) is 7.44. The lowest BCUT2D eigenvalue weighted by atomic mass is 9.74. The lowest BCUT2D eigenvalue weighted by molar-refractivity contribution is 0.0789. The molecule has 102 valence electrons. The fourth-order valence-corrected chi connectivity index (χ4v) is 3.58. The Kier molecular flexibility index (Phi) is 3.83. The first kappa shape index (κ1) is 12.7. The highest BCUT2D eigenvalue weighted by atomic mass is 16.1. The van der Waals surface area contributed by atoms with Crippen molar-refractivity contribution in [3.05, 3.63) is 35.9 Å². The molecule has 19 heavy (non-hydrogen) atoms. The van der Waals surface area contributed by atoms with Gasteiger partial charge in [0.15, 0.2) is 0 Å². The Balaban J connectivity index is 1.66. The van der Waals surface area contributed by atoms with E-state index in [1.807, 2.05) is 30.3 Å². The zero-order valence-corrected chi connectivity index (χ0v) is 11.3. The van der Waals surface area contributed by atoms with E-state index in [4.69, 9.17) is 0 Å². The Morgan fingerprint density at radius 1 is 1.11 bits per heavy atom. The van der Waals surface area contributed by atoms with Crippen LogP contribution in [0.2, 0.25) is 0 Å². The summed E-state index contributed by atoms with van der Waals surface area (Å²) >= 11 is 0. The molecule has 0 aromatic heterocycles. The molecular weight excluding hydrogens is 236 g/mol. The summed E-state index contributed by atoms with van der Waals surface area (Å²) in [5.41, 5.74) is 0.752. The fourth-order valence-electron chi connectivity index (χ4n) is 3.58. The molecule has 3 nitrogen and oxygen atoms in total. The standard InChI is InChI=1S/C16H22N2O/c19-16(13-7-2-1-3-8-13)18-15-14-9-5-4-6-12(14)10-11-17-15/h1-3,7-8,12,14-15,17H,4-6,9-11H2,(H,18,19). The number of rotatable bonds is 2. The van der Waals surface area contributed by atoms with Crippen LogP contribution in [0.4, 0.5) is 0 Å². The number of hydrogen-bond acceptors (Lipinski definition) is 2. The molecule has 1 saturated heterocycles. The van der Waals surface area contributed by atoms with Crippen molar-refractivity contribution in [2.75, 3.05) is 6.54 Å². The highest BCUT2D eigenvalue weighted by molar-refractivity contribution is 5.94. The van der Waals surface area contributed by atoms with Crippen LogP contribution >= 0.6 is 0 Å². The monoisotopic (exact) mass is 258 g/mol. The first-order valence-electron chi connectivity index (χ1n) is 7.44. The van der Waals surface area contributed by atoms with Crippen molar-refractivity contribution in [2.45, 2.75) is 38.3 Å². The van der Waals surface area contributed by atoms with Gasteiger partial charge in [-0.1, -0.05) is 37.5 Å². The van der Waals surface area contributed by atoms with E-state index < -0.39 is 0 Å². The molecule has 0 bridgehead atoms. The van der Waals surface area contributed by atoms with Gasteiger partial charge in [0.1, 0.15) is 0 Å². The molecule has 2 N–H and O–H groups in total. The van der Waals surface area contributed by atoms with Crippen molar-refractivity contribution in [1.29, 1.82) is 0 Å². The summed E-state index contributed by atoms with van der Waals surface area (Å²) in [4.78, 5) is 12.2. The maximum absolute atomic E-state index is 12.2. The van der Waals surface area contributed by atoms with Gasteiger partial charge in [-0.25, -0.2) is 0 Å². The summed E-state index contributed by atoms with van der Waals surface area (Å²) < 4.78 is 0. The molecule has 2 aliphatic rings. The van der Waals surface area contributed by atoms with Crippen molar-refractivity contribution in [2.24, 2.45) is 11.8 Å². The van der Waals surface area contributed by atoms with Crippen molar-refractivity contribution < 1.29 is 4.79 Å². The van der Waals surface area contributed by atoms with Gasteiger partial charge in [-0.05, 0) is 43.4 Å². The predicted octanol–water partition coefficient (Wildman–Crippen LogP) is 2.54. The molecule has 1 aliphatic heterocycles. The quantitative estimate of drug-likeness (QED) is 0.856. The summed E-state index contributed by atoms with van der Waals surface area (Å²) in [6, 6.07) is 9.50. The number of piperidine rings is 1. The first-order chi connectivity index (χ1) is 9.34. The number of nitrogens with one attached hydrogen (secondary N) is 2. The van der Waals surface area contributed by atoms with Crippen molar-refractivity contribution in [1.82, 2.24) is 10.6 Å². The van der Waals surface area contributed by atoms with Crippen LogP contribution in [0.25, 0.3) is 0 Å². The predicted molar refractivity (Wildman–Crippen MR) is 75.8 cm³/mol. The van der Waals surface area contributed by atoms with E-state index in [0.29, 0.717) is 5.92 Å². The molecule has 3 atom stereocenters. The minimum Gasteiger partial charge on any atom is -0.336 e. The maximum atomic E-state index is 12.2. The van der Waals surface area contributed by atoms with E-state index in [0.717, 1.165) is 18.0 Å². The maximum Gasteiger partial charge on any atom is 0.252 e. The Hall–Kier alpha value is -1.35. The van der Waals surface area contributed by atoms with E-state index in [-0.39, 0.29) is 12.1 Å². The summed E-state index contributed by atoms with van der Waals surface area (Å²) in [7, 11) is 0. The summed E-state index contributed by atoms with van der Waals surface area (Å²) in [5.74, 6) is 1.47. The van der Waals surface area contributed by atoms with Gasteiger partial charge in [-0.2, -0.15) is 0 Å². The Morgan fingerprint density at radius 3 is 2.74 bits per heavy atom. The van der Waals surface area contributed by atoms with Crippen LogP contribution in [-0.4, -0.2) is 18.6 Å². The van der Waals surface area contributed by atoms with Gasteiger partial charge >= 0.3 is 0 Å². The highest BCUT2D eigenvalue weighted by Gasteiger charge is 2.35. The molecule has 2 fully saturated rings. The minimum absolute atomic E-state index is 0.0457. The Labute approximate surface area is 114 Å². The van der Waals surface area contributed by atoms with Crippen LogP contribution in [0.3, 0.4) is 0 Å². The molecule has 0 radical (unpaired) electrons. The van der Waals surface area contributed by atoms with E-state index in [2.05, 4.69) is 10.6 Å². The van der Waals surface area contributed by atoms with Gasteiger partial charge < -0.3 is 5.32 Å². The third kappa shape index (κ3) is 2.81. The Bertz CT molecular complexity index is 430. The van der Waals surface area contributed by atoms with E-state index in [1.54, 1.807) is 0 Å². The number of carbonyl (C=O) groups is 1. The zero-order chi connectivity index (χ0) is 13.1. The van der Waals surface area contributed by atoms with Gasteiger partial charge in [0, 0.05) is 5.56 Å². The molecule has 1 aliphatic carbocycles. The molecule has 1 aromatic rings. The number of amides is 1. The fraction of sp³-hybridized carbons (Fsp3) is 0.562. The van der Waals surface area contributed by atoms with E-state index in [1.165, 1.54) is 32.1 Å². The molecule has 3 rings (SSSR count). The van der Waals surface area contributed by atoms with Gasteiger partial charge in [-0.15, -0.1) is 0 Å². The highest BCUT2D eigenvalue weighted by Crippen LogP contribution is 2.36. The van der Waals surface area contributed by atoms with Crippen LogP contribution in [-0.2, 0) is 0 Å². The van der Waals surface area contributed by atoms with Crippen LogP contribution in [0, 0.1) is 11.8 Å². The van der Waals surface area contributed by atoms with Crippen LogP contribution < -0.4 is 10.6 Å². The SMILES string of the molecule is O=C(NC1NCCC2CCCCC21)c1ccccc1. The van der Waals surface area contributed by atoms with Gasteiger partial charge in [-0.3, -0.25) is 10.1 Å². The zero-order valence-electron chi connectivity index (χ0n) is 11.3. The van der Waals surface area contributed by atoms with Crippen LogP contribution in [0.1, 0.15) is 42.5 Å². The summed E-state index contributed by atoms with van der Waals surface area (Å²) in [6.07, 6.45) is 6.68. The Morgan fingerprint density at radius 2 is 1.89 bits per heavy atom. The lowest BCUT2D eigenvalue weighted by Crippen LogP contribution is -2.56. The molecular formula is C16H22N2O. The van der Waals surface area contributed by atoms with Crippen LogP contribution in [0.5, 0.6) is 0 Å². The largest absolute Gasteiger partial charge is 0.336 e. The molecule has 3 unspecified atom stereocenters. The number of carbonyl (C=O) groups excluding carboxylic acids is 1. The molecule has 1 saturated carbocycles. The molecule has 1 aromatic carbocycles. The smallest absolute Gasteiger partial charge is 0.252 e. The average molecular weight is 258 g/mol. The molecule has 1 amide bonds.